The summed E-state index contributed by atoms with van der Waals surface area (Å²) in [6, 6.07) is 0. The average Bonchev–Trinajstić information content (AvgIpc) is 0. The molecule has 0 bridgehead atoms. The van der Waals surface area contributed by atoms with Crippen LogP contribution in [0.1, 0.15) is 0 Å². The molecule has 4 heteroatoms. The molecule has 0 aliphatic heterocycles. The number of hydrogen-bond donors (Lipinski definition) is 0. The molecule has 0 fully saturated rings. The quantitative estimate of drug-likeness (QED) is 0.479. The standard InChI is InChI=1S/Fe.Mo.Nb.Ta. The van der Waals surface area contributed by atoms with Gasteiger partial charge in [-0.15, -0.1) is 0 Å². The fourth-order valence-corrected chi connectivity index (χ4v) is 0. The van der Waals surface area contributed by atoms with E-state index in [1.165, 1.54) is 0 Å². The van der Waals surface area contributed by atoms with Crippen molar-refractivity contribution in [1.82, 2.24) is 0 Å². The van der Waals surface area contributed by atoms with Crippen molar-refractivity contribution < 1.29 is 82.9 Å². The molecule has 24 valence electrons. The second-order valence-electron chi connectivity index (χ2n) is 0. The first-order chi connectivity index (χ1) is 0. The fraction of sp³-hybridized carbons (Fsp3) is 0. The fourth-order valence-electron chi connectivity index (χ4n) is 0. The van der Waals surface area contributed by atoms with Crippen molar-refractivity contribution >= 4 is 0 Å². The van der Waals surface area contributed by atoms with Crippen molar-refractivity contribution in [2.75, 3.05) is 0 Å². The third-order valence-corrected chi connectivity index (χ3v) is 0. The second-order valence-corrected chi connectivity index (χ2v) is 0. The van der Waals surface area contributed by atoms with Gasteiger partial charge in [0.1, 0.15) is 0 Å². The zero-order chi connectivity index (χ0) is 0. The zero-order valence-electron chi connectivity index (χ0n) is 1.66. The Morgan fingerprint density at radius 2 is 1.00 bits per heavy atom. The van der Waals surface area contributed by atoms with E-state index in [0.29, 0.717) is 0 Å². The van der Waals surface area contributed by atoms with Gasteiger partial charge in [-0.1, -0.05) is 0 Å². The minimum absolute atomic E-state index is 0. The van der Waals surface area contributed by atoms with Crippen LogP contribution in [0.25, 0.3) is 0 Å². The van der Waals surface area contributed by atoms with Crippen LogP contribution in [0.15, 0.2) is 0 Å². The molecule has 0 heterocycles. The van der Waals surface area contributed by atoms with E-state index >= 15 is 0 Å². The van der Waals surface area contributed by atoms with Crippen molar-refractivity contribution in [3.8, 4) is 0 Å². The first-order valence-electron chi connectivity index (χ1n) is 0. The van der Waals surface area contributed by atoms with Gasteiger partial charge in [-0.25, -0.2) is 0 Å². The Hall–Kier alpha value is 2.69. The molecule has 0 rings (SSSR count). The molecule has 0 nitrogen and oxygen atoms in total. The second kappa shape index (κ2) is 17.3. The topological polar surface area (TPSA) is 0 Å². The van der Waals surface area contributed by atoms with Crippen LogP contribution >= 0.6 is 0 Å². The Kier molecular flexibility index (Phi) is 130. The van der Waals surface area contributed by atoms with E-state index in [0.717, 1.165) is 0 Å². The van der Waals surface area contributed by atoms with Gasteiger partial charge >= 0.3 is 0 Å². The van der Waals surface area contributed by atoms with Gasteiger partial charge < -0.3 is 0 Å². The first-order valence-corrected chi connectivity index (χ1v) is 0. The van der Waals surface area contributed by atoms with Crippen molar-refractivity contribution in [2.45, 2.75) is 0 Å². The van der Waals surface area contributed by atoms with Crippen molar-refractivity contribution in [3.05, 3.63) is 0 Å². The van der Waals surface area contributed by atoms with E-state index in [1.54, 1.807) is 0 Å². The van der Waals surface area contributed by atoms with Crippen LogP contribution in [-0.2, 0) is 82.9 Å². The number of rotatable bonds is 0. The predicted molar refractivity (Wildman–Crippen MR) is 0 cm³/mol. The van der Waals surface area contributed by atoms with Gasteiger partial charge in [-0.3, -0.25) is 0 Å². The molecule has 4 heavy (non-hydrogen) atoms. The van der Waals surface area contributed by atoms with Crippen LogP contribution in [-0.4, -0.2) is 0 Å². The molecule has 0 N–H and O–H groups in total. The summed E-state index contributed by atoms with van der Waals surface area (Å²) >= 11 is 0. The molecule has 0 saturated carbocycles. The third-order valence-electron chi connectivity index (χ3n) is 0. The van der Waals surface area contributed by atoms with Gasteiger partial charge in [0, 0.05) is 82.9 Å². The first kappa shape index (κ1) is 29.9. The Labute approximate surface area is 81.6 Å². The molecule has 0 saturated heterocycles. The molecule has 0 aliphatic rings. The van der Waals surface area contributed by atoms with Gasteiger partial charge in [0.25, 0.3) is 0 Å². The summed E-state index contributed by atoms with van der Waals surface area (Å²) in [6.07, 6.45) is 0. The summed E-state index contributed by atoms with van der Waals surface area (Å²) in [6.45, 7) is 0. The largest absolute Gasteiger partial charge is 0 e. The van der Waals surface area contributed by atoms with Gasteiger partial charge in [0.15, 0.2) is 0 Å². The monoisotopic (exact) mass is 428 g/mol. The van der Waals surface area contributed by atoms with Crippen molar-refractivity contribution in [1.29, 1.82) is 0 Å². The molecule has 0 unspecified atom stereocenters. The average molecular weight is 426 g/mol. The summed E-state index contributed by atoms with van der Waals surface area (Å²) in [5, 5.41) is 0. The van der Waals surface area contributed by atoms with E-state index in [4.69, 9.17) is 0 Å². The molecule has 0 aliphatic carbocycles. The Morgan fingerprint density at radius 3 is 1.00 bits per heavy atom. The SMILES string of the molecule is [Fe].[Mo].[Nb].[Ta]. The summed E-state index contributed by atoms with van der Waals surface area (Å²) < 4.78 is 0. The van der Waals surface area contributed by atoms with Crippen LogP contribution in [0, 0.1) is 0 Å². The van der Waals surface area contributed by atoms with Gasteiger partial charge in [-0.2, -0.15) is 0 Å². The van der Waals surface area contributed by atoms with Gasteiger partial charge in [0.2, 0.25) is 0 Å². The maximum atomic E-state index is 0. The molecule has 0 aromatic heterocycles. The molecule has 0 amide bonds. The molecule has 0 aromatic rings. The molecular formula is FeMoNbTa. The van der Waals surface area contributed by atoms with Crippen molar-refractivity contribution in [3.63, 3.8) is 0 Å². The van der Waals surface area contributed by atoms with E-state index in [-0.39, 0.29) is 82.9 Å². The molecule has 0 aromatic carbocycles. The van der Waals surface area contributed by atoms with Crippen LogP contribution in [0.2, 0.25) is 0 Å². The number of hydrogen-bond acceptors (Lipinski definition) is 0. The zero-order valence-corrected chi connectivity index (χ0v) is 10.2. The summed E-state index contributed by atoms with van der Waals surface area (Å²) in [4.78, 5) is 0. The van der Waals surface area contributed by atoms with E-state index < -0.39 is 0 Å². The molecule has 2 radical (unpaired) electrons. The van der Waals surface area contributed by atoms with Gasteiger partial charge in [0.05, 0.1) is 0 Å². The summed E-state index contributed by atoms with van der Waals surface area (Å²) in [5.41, 5.74) is 0. The van der Waals surface area contributed by atoms with Crippen LogP contribution in [0.3, 0.4) is 0 Å². The molecule has 0 spiro atoms. The van der Waals surface area contributed by atoms with Crippen LogP contribution in [0.4, 0.5) is 0 Å². The minimum atomic E-state index is 0. The Morgan fingerprint density at radius 1 is 1.00 bits per heavy atom. The van der Waals surface area contributed by atoms with Crippen LogP contribution < -0.4 is 0 Å². The van der Waals surface area contributed by atoms with Gasteiger partial charge in [-0.05, 0) is 0 Å². The van der Waals surface area contributed by atoms with Crippen molar-refractivity contribution in [2.24, 2.45) is 0 Å². The summed E-state index contributed by atoms with van der Waals surface area (Å²) in [5.74, 6) is 0. The maximum Gasteiger partial charge on any atom is 0 e. The maximum absolute atomic E-state index is 0. The predicted octanol–water partition coefficient (Wildman–Crippen LogP) is -0.0100. The van der Waals surface area contributed by atoms with Crippen LogP contribution in [0.5, 0.6) is 0 Å². The summed E-state index contributed by atoms with van der Waals surface area (Å²) in [7, 11) is 0. The molecule has 0 atom stereocenters. The normalized spacial score (nSPS) is 0. The van der Waals surface area contributed by atoms with E-state index in [1.807, 2.05) is 0 Å². The Bertz CT molecular complexity index is 8.00. The third kappa shape index (κ3) is 8.82. The minimum Gasteiger partial charge on any atom is 0 e. The molecular weight excluding hydrogens is 426 g/mol. The van der Waals surface area contributed by atoms with E-state index in [2.05, 4.69) is 0 Å². The van der Waals surface area contributed by atoms with E-state index in [9.17, 15) is 0 Å². The smallest absolute Gasteiger partial charge is 0 e. The Balaban J connectivity index is 0.